The maximum Gasteiger partial charge on any atom is 0.264 e. The predicted molar refractivity (Wildman–Crippen MR) is 180 cm³/mol. The molecule has 246 valence electrons. The van der Waals surface area contributed by atoms with E-state index in [1.807, 2.05) is 37.3 Å². The summed E-state index contributed by atoms with van der Waals surface area (Å²) in [5.41, 5.74) is 1.75. The van der Waals surface area contributed by atoms with E-state index < -0.39 is 34.3 Å². The van der Waals surface area contributed by atoms with Gasteiger partial charge in [-0.3, -0.25) is 13.9 Å². The van der Waals surface area contributed by atoms with Crippen LogP contribution in [0.15, 0.2) is 114 Å². The summed E-state index contributed by atoms with van der Waals surface area (Å²) in [6.45, 7) is 1.67. The van der Waals surface area contributed by atoms with Crippen LogP contribution in [0.5, 0.6) is 5.75 Å². The number of hydrogen-bond acceptors (Lipinski definition) is 5. The fourth-order valence-corrected chi connectivity index (χ4v) is 7.25. The number of para-hydroxylation sites is 1. The van der Waals surface area contributed by atoms with Gasteiger partial charge in [-0.05, 0) is 79.4 Å². The third-order valence-electron chi connectivity index (χ3n) is 8.28. The number of ether oxygens (including phenoxy) is 1. The van der Waals surface area contributed by atoms with Crippen LogP contribution >= 0.6 is 0 Å². The number of rotatable bonds is 14. The second-order valence-electron chi connectivity index (χ2n) is 11.6. The van der Waals surface area contributed by atoms with E-state index in [-0.39, 0.29) is 29.8 Å². The van der Waals surface area contributed by atoms with E-state index in [1.165, 1.54) is 29.2 Å². The van der Waals surface area contributed by atoms with Crippen molar-refractivity contribution in [2.75, 3.05) is 17.5 Å². The molecule has 1 aliphatic carbocycles. The van der Waals surface area contributed by atoms with Crippen LogP contribution in [0, 0.1) is 5.82 Å². The first-order valence-corrected chi connectivity index (χ1v) is 17.4. The first-order chi connectivity index (χ1) is 22.7. The molecule has 0 spiro atoms. The Morgan fingerprint density at radius 3 is 2.09 bits per heavy atom. The van der Waals surface area contributed by atoms with Crippen molar-refractivity contribution in [3.05, 3.63) is 126 Å². The topological polar surface area (TPSA) is 96.0 Å². The summed E-state index contributed by atoms with van der Waals surface area (Å²) < 4.78 is 48.8. The summed E-state index contributed by atoms with van der Waals surface area (Å²) in [4.78, 5) is 30.0. The van der Waals surface area contributed by atoms with Crippen LogP contribution in [-0.2, 0) is 32.6 Å². The molecular formula is C37H40FN3O5S. The molecule has 0 heterocycles. The molecule has 0 saturated heterocycles. The number of hydrogen-bond donors (Lipinski definition) is 1. The van der Waals surface area contributed by atoms with Crippen molar-refractivity contribution in [3.63, 3.8) is 0 Å². The molecule has 0 aromatic heterocycles. The van der Waals surface area contributed by atoms with Crippen LogP contribution < -0.4 is 14.4 Å². The lowest BCUT2D eigenvalue weighted by molar-refractivity contribution is -0.140. The van der Waals surface area contributed by atoms with Gasteiger partial charge in [0.15, 0.2) is 0 Å². The zero-order valence-corrected chi connectivity index (χ0v) is 27.2. The molecule has 1 N–H and O–H groups in total. The fraction of sp³-hybridized carbons (Fsp3) is 0.297. The smallest absolute Gasteiger partial charge is 0.264 e. The summed E-state index contributed by atoms with van der Waals surface area (Å²) in [6, 6.07) is 28.6. The van der Waals surface area contributed by atoms with E-state index in [9.17, 15) is 22.4 Å². The second-order valence-corrected chi connectivity index (χ2v) is 13.5. The van der Waals surface area contributed by atoms with Gasteiger partial charge in [-0.15, -0.1) is 0 Å². The molecule has 10 heteroatoms. The Hall–Kier alpha value is -4.70. The normalized spacial score (nSPS) is 13.9. The Labute approximate surface area is 276 Å². The maximum absolute atomic E-state index is 14.5. The molecule has 5 rings (SSSR count). The zero-order valence-electron chi connectivity index (χ0n) is 26.4. The number of anilines is 1. The highest BCUT2D eigenvalue weighted by Gasteiger charge is 2.35. The third-order valence-corrected chi connectivity index (χ3v) is 10.1. The van der Waals surface area contributed by atoms with Crippen molar-refractivity contribution in [1.82, 2.24) is 10.2 Å². The molecule has 2 amide bonds. The number of halogens is 1. The average Bonchev–Trinajstić information content (AvgIpc) is 3.60. The fourth-order valence-electron chi connectivity index (χ4n) is 5.83. The summed E-state index contributed by atoms with van der Waals surface area (Å²) in [5, 5.41) is 3.15. The summed E-state index contributed by atoms with van der Waals surface area (Å²) >= 11 is 0. The van der Waals surface area contributed by atoms with Crippen LogP contribution in [0.2, 0.25) is 0 Å². The molecule has 1 atom stereocenters. The SMILES string of the molecule is CCOc1ccc(S(=O)(=O)N(CC(=O)N(Cc2ccc(F)cc2)[C@H](Cc2ccccc2)C(=O)NC2CCCC2)c2ccccc2)cc1. The highest BCUT2D eigenvalue weighted by molar-refractivity contribution is 7.92. The van der Waals surface area contributed by atoms with Crippen molar-refractivity contribution < 1.29 is 27.1 Å². The molecule has 8 nitrogen and oxygen atoms in total. The number of carbonyl (C=O) groups is 2. The van der Waals surface area contributed by atoms with E-state index >= 15 is 0 Å². The molecule has 47 heavy (non-hydrogen) atoms. The highest BCUT2D eigenvalue weighted by Crippen LogP contribution is 2.27. The molecular weight excluding hydrogens is 617 g/mol. The Balaban J connectivity index is 1.53. The number of nitrogens with one attached hydrogen (secondary N) is 1. The molecule has 1 aliphatic rings. The predicted octanol–water partition coefficient (Wildman–Crippen LogP) is 6.12. The molecule has 1 saturated carbocycles. The monoisotopic (exact) mass is 657 g/mol. The van der Waals surface area contributed by atoms with Crippen molar-refractivity contribution in [1.29, 1.82) is 0 Å². The molecule has 0 aliphatic heterocycles. The van der Waals surface area contributed by atoms with Gasteiger partial charge in [0.05, 0.1) is 17.2 Å². The molecule has 0 radical (unpaired) electrons. The van der Waals surface area contributed by atoms with E-state index in [4.69, 9.17) is 4.74 Å². The largest absolute Gasteiger partial charge is 0.494 e. The van der Waals surface area contributed by atoms with Gasteiger partial charge < -0.3 is 15.0 Å². The van der Waals surface area contributed by atoms with Gasteiger partial charge in [-0.2, -0.15) is 0 Å². The minimum absolute atomic E-state index is 0.00408. The minimum atomic E-state index is -4.24. The standard InChI is InChI=1S/C37H40FN3O5S/c1-2-46-33-21-23-34(24-22-33)47(44,45)41(32-15-7-4-8-16-32)27-36(42)40(26-29-17-19-30(38)20-18-29)35(25-28-11-5-3-6-12-28)37(43)39-31-13-9-10-14-31/h3-8,11-12,15-24,31,35H,2,9-10,13-14,25-27H2,1H3,(H,39,43)/t35-/m1/s1. The number of carbonyl (C=O) groups excluding carboxylic acids is 2. The van der Waals surface area contributed by atoms with Crippen molar-refractivity contribution in [3.8, 4) is 5.75 Å². The lowest BCUT2D eigenvalue weighted by Gasteiger charge is -2.34. The van der Waals surface area contributed by atoms with Gasteiger partial charge in [0, 0.05) is 19.0 Å². The highest BCUT2D eigenvalue weighted by atomic mass is 32.2. The van der Waals surface area contributed by atoms with E-state index in [0.717, 1.165) is 35.6 Å². The average molecular weight is 658 g/mol. The molecule has 0 unspecified atom stereocenters. The van der Waals surface area contributed by atoms with E-state index in [0.29, 0.717) is 23.6 Å². The summed E-state index contributed by atoms with van der Waals surface area (Å²) in [7, 11) is -4.24. The number of benzene rings is 4. The first kappa shape index (κ1) is 33.7. The molecule has 0 bridgehead atoms. The van der Waals surface area contributed by atoms with Crippen LogP contribution in [-0.4, -0.2) is 50.4 Å². The third kappa shape index (κ3) is 8.77. The second kappa shape index (κ2) is 15.7. The van der Waals surface area contributed by atoms with Gasteiger partial charge in [0.25, 0.3) is 10.0 Å². The van der Waals surface area contributed by atoms with Crippen molar-refractivity contribution in [2.45, 2.75) is 62.6 Å². The minimum Gasteiger partial charge on any atom is -0.494 e. The lowest BCUT2D eigenvalue weighted by Crippen LogP contribution is -2.54. The zero-order chi connectivity index (χ0) is 33.2. The van der Waals surface area contributed by atoms with Gasteiger partial charge in [0.2, 0.25) is 11.8 Å². The van der Waals surface area contributed by atoms with Crippen LogP contribution in [0.1, 0.15) is 43.7 Å². The van der Waals surface area contributed by atoms with Crippen molar-refractivity contribution >= 4 is 27.5 Å². The first-order valence-electron chi connectivity index (χ1n) is 15.9. The van der Waals surface area contributed by atoms with Crippen LogP contribution in [0.3, 0.4) is 0 Å². The quantitative estimate of drug-likeness (QED) is 0.176. The van der Waals surface area contributed by atoms with Gasteiger partial charge >= 0.3 is 0 Å². The van der Waals surface area contributed by atoms with Gasteiger partial charge in [0.1, 0.15) is 24.2 Å². The van der Waals surface area contributed by atoms with E-state index in [2.05, 4.69) is 5.32 Å². The molecule has 1 fully saturated rings. The molecule has 4 aromatic carbocycles. The number of amides is 2. The lowest BCUT2D eigenvalue weighted by atomic mass is 10.0. The number of sulfonamides is 1. The van der Waals surface area contributed by atoms with Gasteiger partial charge in [-0.25, -0.2) is 12.8 Å². The summed E-state index contributed by atoms with van der Waals surface area (Å²) in [5.74, 6) is -0.786. The van der Waals surface area contributed by atoms with E-state index in [1.54, 1.807) is 54.6 Å². The van der Waals surface area contributed by atoms with Crippen LogP contribution in [0.25, 0.3) is 0 Å². The number of nitrogens with zero attached hydrogens (tertiary/aromatic N) is 2. The molecule has 4 aromatic rings. The Kier molecular flexibility index (Phi) is 11.3. The Bertz CT molecular complexity index is 1710. The Morgan fingerprint density at radius 1 is 0.851 bits per heavy atom. The van der Waals surface area contributed by atoms with Crippen LogP contribution in [0.4, 0.5) is 10.1 Å². The van der Waals surface area contributed by atoms with Gasteiger partial charge in [-0.1, -0.05) is 73.5 Å². The van der Waals surface area contributed by atoms with Crippen molar-refractivity contribution in [2.24, 2.45) is 0 Å². The maximum atomic E-state index is 14.5. The Morgan fingerprint density at radius 2 is 1.47 bits per heavy atom. The summed E-state index contributed by atoms with van der Waals surface area (Å²) in [6.07, 6.45) is 3.96.